The summed E-state index contributed by atoms with van der Waals surface area (Å²) in [6, 6.07) is 5.17. The van der Waals surface area contributed by atoms with Gasteiger partial charge in [-0.1, -0.05) is 18.2 Å². The summed E-state index contributed by atoms with van der Waals surface area (Å²) in [5.74, 6) is -0.235. The number of carbonyl (C=O) groups excluding carboxylic acids is 1. The number of anilines is 2. The fourth-order valence-corrected chi connectivity index (χ4v) is 5.48. The molecule has 0 bridgehead atoms. The molecule has 4 heterocycles. The number of hydrogen-bond donors (Lipinski definition) is 1. The van der Waals surface area contributed by atoms with E-state index in [4.69, 9.17) is 27.1 Å². The number of fused-ring (bicyclic) bond motifs is 1. The fourth-order valence-electron chi connectivity index (χ4n) is 5.27. The Hall–Kier alpha value is -3.50. The van der Waals surface area contributed by atoms with Crippen molar-refractivity contribution in [1.82, 2.24) is 24.8 Å². The lowest BCUT2D eigenvalue weighted by molar-refractivity contribution is -0.126. The van der Waals surface area contributed by atoms with Gasteiger partial charge in [-0.25, -0.2) is 4.39 Å². The molecule has 0 saturated carbocycles. The van der Waals surface area contributed by atoms with Crippen LogP contribution < -0.4 is 15.4 Å². The highest BCUT2D eigenvalue weighted by Crippen LogP contribution is 2.36. The number of hydrogen-bond acceptors (Lipinski definition) is 8. The minimum atomic E-state index is -0.630. The van der Waals surface area contributed by atoms with Gasteiger partial charge < -0.3 is 20.3 Å². The minimum Gasteiger partial charge on any atom is -0.459 e. The number of nitrogen functional groups attached to an aromatic ring is 1. The van der Waals surface area contributed by atoms with Crippen LogP contribution in [0, 0.1) is 5.82 Å². The number of amides is 1. The summed E-state index contributed by atoms with van der Waals surface area (Å²) >= 11 is 6.37. The molecule has 1 amide bonds. The van der Waals surface area contributed by atoms with E-state index in [0.717, 1.165) is 19.4 Å². The maximum Gasteiger partial charge on any atom is 0.319 e. The van der Waals surface area contributed by atoms with E-state index in [2.05, 4.69) is 28.5 Å². The lowest BCUT2D eigenvalue weighted by Gasteiger charge is -2.35. The molecular formula is C27H31ClFN7O2. The van der Waals surface area contributed by atoms with Gasteiger partial charge in [-0.2, -0.15) is 9.97 Å². The first kappa shape index (κ1) is 26.1. The third-order valence-corrected chi connectivity index (χ3v) is 7.69. The second kappa shape index (κ2) is 10.7. The van der Waals surface area contributed by atoms with E-state index >= 15 is 4.39 Å². The normalized spacial score (nSPS) is 19.1. The number of likely N-dealkylation sites (N-methyl/N-ethyl adjacent to an activating group) is 1. The highest BCUT2D eigenvalue weighted by molar-refractivity contribution is 6.33. The van der Waals surface area contributed by atoms with Crippen molar-refractivity contribution in [2.45, 2.75) is 31.9 Å². The number of carbonyl (C=O) groups is 1. The Kier molecular flexibility index (Phi) is 7.36. The second-order valence-electron chi connectivity index (χ2n) is 9.78. The third kappa shape index (κ3) is 4.98. The molecule has 3 aromatic rings. The van der Waals surface area contributed by atoms with Crippen LogP contribution in [0.5, 0.6) is 6.01 Å². The molecule has 2 aliphatic rings. The third-order valence-electron chi connectivity index (χ3n) is 7.36. The number of pyridine rings is 1. The molecule has 1 aromatic carbocycles. The molecule has 0 spiro atoms. The van der Waals surface area contributed by atoms with Gasteiger partial charge in [0.1, 0.15) is 23.1 Å². The Morgan fingerprint density at radius 3 is 2.71 bits per heavy atom. The summed E-state index contributed by atoms with van der Waals surface area (Å²) in [6.07, 6.45) is 4.78. The molecule has 1 unspecified atom stereocenters. The van der Waals surface area contributed by atoms with Gasteiger partial charge in [0.25, 0.3) is 0 Å². The van der Waals surface area contributed by atoms with E-state index in [1.165, 1.54) is 6.08 Å². The van der Waals surface area contributed by atoms with Crippen LogP contribution in [-0.4, -0.2) is 82.6 Å². The molecule has 2 atom stereocenters. The van der Waals surface area contributed by atoms with Gasteiger partial charge in [0, 0.05) is 49.7 Å². The first-order valence-corrected chi connectivity index (χ1v) is 13.1. The molecule has 0 radical (unpaired) electrons. The highest BCUT2D eigenvalue weighted by atomic mass is 35.5. The van der Waals surface area contributed by atoms with E-state index in [1.54, 1.807) is 29.3 Å². The van der Waals surface area contributed by atoms with Gasteiger partial charge in [0.15, 0.2) is 5.82 Å². The highest BCUT2D eigenvalue weighted by Gasteiger charge is 2.30. The van der Waals surface area contributed by atoms with Crippen LogP contribution in [0.1, 0.15) is 19.8 Å². The Labute approximate surface area is 226 Å². The molecule has 0 aliphatic carbocycles. The first-order valence-electron chi connectivity index (χ1n) is 12.7. The molecule has 2 saturated heterocycles. The maximum absolute atomic E-state index is 16.1. The van der Waals surface area contributed by atoms with Crippen molar-refractivity contribution >= 4 is 39.9 Å². The lowest BCUT2D eigenvalue weighted by atomic mass is 10.1. The van der Waals surface area contributed by atoms with Crippen molar-refractivity contribution in [3.05, 3.63) is 47.9 Å². The molecule has 38 heavy (non-hydrogen) atoms. The Balaban J connectivity index is 1.57. The zero-order valence-corrected chi connectivity index (χ0v) is 22.3. The van der Waals surface area contributed by atoms with Gasteiger partial charge in [0.2, 0.25) is 5.91 Å². The quantitative estimate of drug-likeness (QED) is 0.373. The summed E-state index contributed by atoms with van der Waals surface area (Å²) in [5, 5.41) is 0.782. The number of piperazine rings is 1. The first-order chi connectivity index (χ1) is 18.3. The number of benzene rings is 1. The largest absolute Gasteiger partial charge is 0.459 e. The Morgan fingerprint density at radius 1 is 1.26 bits per heavy atom. The number of ether oxygens (including phenoxy) is 1. The predicted octanol–water partition coefficient (Wildman–Crippen LogP) is 3.76. The number of nitrogens with zero attached hydrogens (tertiary/aromatic N) is 6. The molecule has 2 aliphatic heterocycles. The fraction of sp³-hybridized carbons (Fsp3) is 0.407. The summed E-state index contributed by atoms with van der Waals surface area (Å²) in [5.41, 5.74) is 6.91. The van der Waals surface area contributed by atoms with Gasteiger partial charge in [-0.15, -0.1) is 0 Å². The second-order valence-corrected chi connectivity index (χ2v) is 10.2. The molecule has 200 valence electrons. The Morgan fingerprint density at radius 2 is 2.03 bits per heavy atom. The van der Waals surface area contributed by atoms with Crippen molar-refractivity contribution in [2.75, 3.05) is 50.4 Å². The van der Waals surface area contributed by atoms with Gasteiger partial charge in [-0.05, 0) is 57.6 Å². The van der Waals surface area contributed by atoms with Crippen LogP contribution in [0.25, 0.3) is 22.2 Å². The van der Waals surface area contributed by atoms with Crippen molar-refractivity contribution in [3.8, 4) is 17.3 Å². The molecule has 2 aromatic heterocycles. The van der Waals surface area contributed by atoms with E-state index < -0.39 is 5.82 Å². The number of rotatable bonds is 6. The summed E-state index contributed by atoms with van der Waals surface area (Å²) < 4.78 is 22.3. The molecule has 5 rings (SSSR count). The predicted molar refractivity (Wildman–Crippen MR) is 147 cm³/mol. The molecule has 11 heteroatoms. The lowest BCUT2D eigenvalue weighted by Crippen LogP contribution is -2.48. The van der Waals surface area contributed by atoms with E-state index in [9.17, 15) is 4.79 Å². The summed E-state index contributed by atoms with van der Waals surface area (Å²) in [7, 11) is 2.07. The molecule has 2 N–H and O–H groups in total. The van der Waals surface area contributed by atoms with Crippen LogP contribution in [0.4, 0.5) is 15.9 Å². The zero-order chi connectivity index (χ0) is 27.0. The number of likely N-dealkylation sites (tertiary alicyclic amines) is 1. The van der Waals surface area contributed by atoms with Crippen molar-refractivity contribution in [1.29, 1.82) is 0 Å². The zero-order valence-electron chi connectivity index (χ0n) is 21.5. The van der Waals surface area contributed by atoms with Gasteiger partial charge in [-0.3, -0.25) is 14.7 Å². The topological polar surface area (TPSA) is 101 Å². The number of nitrogens with two attached hydrogens (primary N) is 1. The molecule has 2 fully saturated rings. The van der Waals surface area contributed by atoms with Crippen molar-refractivity contribution in [3.63, 3.8) is 0 Å². The van der Waals surface area contributed by atoms with Crippen molar-refractivity contribution < 1.29 is 13.9 Å². The van der Waals surface area contributed by atoms with Crippen LogP contribution >= 0.6 is 11.6 Å². The van der Waals surface area contributed by atoms with Gasteiger partial charge in [0.05, 0.1) is 10.4 Å². The maximum atomic E-state index is 16.1. The van der Waals surface area contributed by atoms with E-state index in [0.29, 0.717) is 53.7 Å². The van der Waals surface area contributed by atoms with Crippen LogP contribution in [-0.2, 0) is 4.79 Å². The SMILES string of the molecule is C=CC(=O)N1CCN(c2nc(OC(C)[C@@H]3CCCN3C)nc3c(F)c(-c4cc(N)ccc4Cl)ncc23)CC1. The average Bonchev–Trinajstić information content (AvgIpc) is 3.36. The smallest absolute Gasteiger partial charge is 0.319 e. The van der Waals surface area contributed by atoms with Crippen LogP contribution in [0.3, 0.4) is 0 Å². The standard InChI is InChI=1S/C27H31ClFN7O2/c1-4-22(37)35-10-12-36(13-11-35)26-19-15-31-24(18-14-17(30)7-8-20(18)28)23(29)25(19)32-27(33-26)38-16(2)21-6-5-9-34(21)3/h4,7-8,14-16,21H,1,5-6,9-13,30H2,2-3H3/t16?,21-/m0/s1. The molecule has 9 nitrogen and oxygen atoms in total. The van der Waals surface area contributed by atoms with E-state index in [-0.39, 0.29) is 35.3 Å². The minimum absolute atomic E-state index is 0.0513. The Bertz CT molecular complexity index is 1380. The average molecular weight is 540 g/mol. The molecular weight excluding hydrogens is 509 g/mol. The number of halogens is 2. The monoisotopic (exact) mass is 539 g/mol. The van der Waals surface area contributed by atoms with Crippen molar-refractivity contribution in [2.24, 2.45) is 0 Å². The van der Waals surface area contributed by atoms with Crippen LogP contribution in [0.15, 0.2) is 37.1 Å². The summed E-state index contributed by atoms with van der Waals surface area (Å²) in [4.78, 5) is 31.7. The van der Waals surface area contributed by atoms with Gasteiger partial charge >= 0.3 is 6.01 Å². The van der Waals surface area contributed by atoms with E-state index in [1.807, 2.05) is 11.8 Å². The number of aromatic nitrogens is 3. The summed E-state index contributed by atoms with van der Waals surface area (Å²) in [6.45, 7) is 8.56. The van der Waals surface area contributed by atoms with Crippen LogP contribution in [0.2, 0.25) is 5.02 Å².